The molecule has 0 saturated heterocycles. The number of halogens is 4. The molecule has 1 N–H and O–H groups in total. The lowest BCUT2D eigenvalue weighted by atomic mass is 9.81. The minimum Gasteiger partial charge on any atom is -0.494 e. The molecule has 7 nitrogen and oxygen atoms in total. The van der Waals surface area contributed by atoms with Gasteiger partial charge in [-0.25, -0.2) is 31.3 Å². The maximum absolute atomic E-state index is 15.4. The van der Waals surface area contributed by atoms with Gasteiger partial charge in [0, 0.05) is 40.4 Å². The molecule has 0 bridgehead atoms. The van der Waals surface area contributed by atoms with Gasteiger partial charge in [0.1, 0.15) is 11.6 Å². The van der Waals surface area contributed by atoms with E-state index in [1.165, 1.54) is 43.1 Å². The van der Waals surface area contributed by atoms with E-state index in [-0.39, 0.29) is 33.5 Å². The Kier molecular flexibility index (Phi) is 10.7. The fraction of sp³-hybridized carbons (Fsp3) is 0.344. The standard InChI is InChI=1S/C32H37ClF3N4O3S2/c1-32(2,21-8-13-27(35)29(16-21)43-6)30-19-37-31(39(30)23-11-9-22(34)10-12-23)44-20-25-26(33)17-24(18-28(25)36)45(41,42)38-14-7-15-40(3,4)5/h8-13,16-19,38H,7,14-15,20H2,1-6H3/q+1. The number of sulfonamides is 1. The summed E-state index contributed by atoms with van der Waals surface area (Å²) >= 11 is 7.63. The molecule has 1 heterocycles. The Balaban J connectivity index is 1.64. The van der Waals surface area contributed by atoms with Crippen LogP contribution >= 0.6 is 23.4 Å². The molecule has 0 amide bonds. The number of benzene rings is 3. The Morgan fingerprint density at radius 3 is 2.33 bits per heavy atom. The lowest BCUT2D eigenvalue weighted by Crippen LogP contribution is -2.37. The van der Waals surface area contributed by atoms with Crippen LogP contribution in [0.5, 0.6) is 5.75 Å². The summed E-state index contributed by atoms with van der Waals surface area (Å²) in [6.45, 7) is 4.86. The quantitative estimate of drug-likeness (QED) is 0.0940. The van der Waals surface area contributed by atoms with Crippen LogP contribution in [0.3, 0.4) is 0 Å². The van der Waals surface area contributed by atoms with Gasteiger partial charge in [0.2, 0.25) is 10.0 Å². The zero-order valence-corrected chi connectivity index (χ0v) is 28.4. The van der Waals surface area contributed by atoms with Crippen molar-refractivity contribution in [3.63, 3.8) is 0 Å². The van der Waals surface area contributed by atoms with E-state index in [1.807, 2.05) is 39.6 Å². The van der Waals surface area contributed by atoms with E-state index in [4.69, 9.17) is 16.3 Å². The van der Waals surface area contributed by atoms with E-state index in [0.29, 0.717) is 27.4 Å². The summed E-state index contributed by atoms with van der Waals surface area (Å²) in [6.07, 6.45) is 2.28. The minimum atomic E-state index is -3.97. The number of hydrogen-bond acceptors (Lipinski definition) is 5. The molecule has 4 aromatic rings. The molecule has 0 fully saturated rings. The molecule has 45 heavy (non-hydrogen) atoms. The Morgan fingerprint density at radius 2 is 1.71 bits per heavy atom. The van der Waals surface area contributed by atoms with Crippen molar-refractivity contribution in [1.29, 1.82) is 0 Å². The van der Waals surface area contributed by atoms with Crippen LogP contribution < -0.4 is 9.46 Å². The van der Waals surface area contributed by atoms with Crippen molar-refractivity contribution in [3.05, 3.63) is 100 Å². The van der Waals surface area contributed by atoms with E-state index >= 15 is 4.39 Å². The Morgan fingerprint density at radius 1 is 1.02 bits per heavy atom. The van der Waals surface area contributed by atoms with Crippen molar-refractivity contribution in [1.82, 2.24) is 14.3 Å². The molecule has 0 spiro atoms. The summed E-state index contributed by atoms with van der Waals surface area (Å²) in [4.78, 5) is 4.36. The number of thioether (sulfide) groups is 1. The van der Waals surface area contributed by atoms with Crippen molar-refractivity contribution in [2.24, 2.45) is 0 Å². The molecule has 242 valence electrons. The third kappa shape index (κ3) is 8.23. The molecule has 13 heteroatoms. The summed E-state index contributed by atoms with van der Waals surface area (Å²) in [5.41, 5.74) is 1.45. The molecule has 1 aromatic heterocycles. The summed E-state index contributed by atoms with van der Waals surface area (Å²) in [5.74, 6) is -1.54. The second-order valence-corrected chi connectivity index (χ2v) is 15.2. The zero-order chi connectivity index (χ0) is 33.2. The summed E-state index contributed by atoms with van der Waals surface area (Å²) < 4.78 is 79.3. The van der Waals surface area contributed by atoms with Crippen molar-refractivity contribution in [2.45, 2.75) is 41.5 Å². The number of nitrogens with zero attached hydrogens (tertiary/aromatic N) is 3. The van der Waals surface area contributed by atoms with Gasteiger partial charge in [0.25, 0.3) is 0 Å². The van der Waals surface area contributed by atoms with Gasteiger partial charge in [0.05, 0.1) is 51.6 Å². The first-order chi connectivity index (χ1) is 21.0. The van der Waals surface area contributed by atoms with Crippen LogP contribution in [-0.2, 0) is 21.2 Å². The third-order valence-corrected chi connectivity index (χ3v) is 10.2. The second kappa shape index (κ2) is 13.8. The highest BCUT2D eigenvalue weighted by Gasteiger charge is 2.31. The van der Waals surface area contributed by atoms with Crippen molar-refractivity contribution in [2.75, 3.05) is 41.3 Å². The Bertz CT molecular complexity index is 1750. The maximum atomic E-state index is 15.4. The number of imidazole rings is 1. The number of nitrogens with one attached hydrogen (secondary N) is 1. The molecule has 0 aliphatic carbocycles. The van der Waals surface area contributed by atoms with E-state index < -0.39 is 32.9 Å². The molecule has 0 radical (unpaired) electrons. The minimum absolute atomic E-state index is 0.0321. The average molecular weight is 682 g/mol. The van der Waals surface area contributed by atoms with Gasteiger partial charge in [-0.05, 0) is 54.1 Å². The fourth-order valence-corrected chi connectivity index (χ4v) is 7.32. The van der Waals surface area contributed by atoms with Gasteiger partial charge in [0.15, 0.2) is 16.7 Å². The fourth-order valence-electron chi connectivity index (χ4n) is 4.77. The van der Waals surface area contributed by atoms with Crippen LogP contribution in [0.1, 0.15) is 37.1 Å². The molecular weight excluding hydrogens is 645 g/mol. The van der Waals surface area contributed by atoms with E-state index in [0.717, 1.165) is 18.2 Å². The monoisotopic (exact) mass is 681 g/mol. The van der Waals surface area contributed by atoms with Gasteiger partial charge in [-0.1, -0.05) is 43.3 Å². The van der Waals surface area contributed by atoms with Gasteiger partial charge < -0.3 is 9.22 Å². The topological polar surface area (TPSA) is 73.2 Å². The number of aromatic nitrogens is 2. The number of rotatable bonds is 13. The van der Waals surface area contributed by atoms with Gasteiger partial charge in [-0.2, -0.15) is 0 Å². The third-order valence-electron chi connectivity index (χ3n) is 7.40. The van der Waals surface area contributed by atoms with Crippen molar-refractivity contribution < 1.29 is 30.8 Å². The van der Waals surface area contributed by atoms with Crippen LogP contribution in [0.4, 0.5) is 13.2 Å². The van der Waals surface area contributed by atoms with Crippen molar-refractivity contribution >= 4 is 33.4 Å². The van der Waals surface area contributed by atoms with Crippen LogP contribution in [-0.4, -0.2) is 63.8 Å². The molecule has 4 rings (SSSR count). The van der Waals surface area contributed by atoms with Crippen molar-refractivity contribution in [3.8, 4) is 11.4 Å². The van der Waals surface area contributed by atoms with E-state index in [9.17, 15) is 17.2 Å². The van der Waals surface area contributed by atoms with E-state index in [2.05, 4.69) is 9.71 Å². The van der Waals surface area contributed by atoms with Crippen LogP contribution in [0.15, 0.2) is 70.8 Å². The number of hydrogen-bond donors (Lipinski definition) is 1. The Labute approximate surface area is 272 Å². The summed E-state index contributed by atoms with van der Waals surface area (Å²) in [7, 11) is 3.46. The smallest absolute Gasteiger partial charge is 0.240 e. The SMILES string of the molecule is COc1cc(C(C)(C)c2cnc(SCc3c(F)cc(S(=O)(=O)NCCC[N+](C)(C)C)cc3Cl)n2-c2ccc(F)cc2)ccc1F. The first-order valence-electron chi connectivity index (χ1n) is 14.1. The summed E-state index contributed by atoms with van der Waals surface area (Å²) in [5, 5.41) is 0.429. The maximum Gasteiger partial charge on any atom is 0.240 e. The number of ether oxygens (including phenoxy) is 1. The number of quaternary nitrogens is 1. The Hall–Kier alpha value is -3.03. The van der Waals surface area contributed by atoms with E-state index in [1.54, 1.807) is 30.5 Å². The lowest BCUT2D eigenvalue weighted by molar-refractivity contribution is -0.870. The van der Waals surface area contributed by atoms with Gasteiger partial charge in [-0.15, -0.1) is 0 Å². The predicted molar refractivity (Wildman–Crippen MR) is 172 cm³/mol. The molecule has 0 aliphatic rings. The van der Waals surface area contributed by atoms with Crippen LogP contribution in [0.25, 0.3) is 5.69 Å². The molecule has 0 unspecified atom stereocenters. The molecular formula is C32H37ClF3N4O3S2+. The van der Waals surface area contributed by atoms with Gasteiger partial charge in [-0.3, -0.25) is 4.57 Å². The van der Waals surface area contributed by atoms with Crippen LogP contribution in [0, 0.1) is 17.5 Å². The van der Waals surface area contributed by atoms with Crippen LogP contribution in [0.2, 0.25) is 5.02 Å². The molecule has 0 saturated carbocycles. The first kappa shape index (κ1) is 34.8. The summed E-state index contributed by atoms with van der Waals surface area (Å²) in [6, 6.07) is 12.7. The predicted octanol–water partition coefficient (Wildman–Crippen LogP) is 6.94. The normalized spacial score (nSPS) is 12.5. The first-order valence-corrected chi connectivity index (χ1v) is 17.0. The van der Waals surface area contributed by atoms with Gasteiger partial charge >= 0.3 is 0 Å². The highest BCUT2D eigenvalue weighted by atomic mass is 35.5. The second-order valence-electron chi connectivity index (χ2n) is 12.1. The largest absolute Gasteiger partial charge is 0.494 e. The number of methoxy groups -OCH3 is 1. The molecule has 0 atom stereocenters. The molecule has 3 aromatic carbocycles. The average Bonchev–Trinajstić information content (AvgIpc) is 3.39. The zero-order valence-electron chi connectivity index (χ0n) is 26.0. The highest BCUT2D eigenvalue weighted by Crippen LogP contribution is 2.39. The highest BCUT2D eigenvalue weighted by molar-refractivity contribution is 7.98. The molecule has 0 aliphatic heterocycles. The lowest BCUT2D eigenvalue weighted by Gasteiger charge is -2.28.